The quantitative estimate of drug-likeness (QED) is 0.600. The molecule has 25 heavy (non-hydrogen) atoms. The molecular weight excluding hydrogens is 334 g/mol. The highest BCUT2D eigenvalue weighted by Gasteiger charge is 2.16. The van der Waals surface area contributed by atoms with Gasteiger partial charge in [0.2, 0.25) is 0 Å². The van der Waals surface area contributed by atoms with E-state index in [0.29, 0.717) is 16.1 Å². The van der Waals surface area contributed by atoms with Crippen molar-refractivity contribution < 1.29 is 4.79 Å². The van der Waals surface area contributed by atoms with Crippen LogP contribution in [-0.4, -0.2) is 15.5 Å². The lowest BCUT2D eigenvalue weighted by molar-refractivity contribution is 0.103. The molecule has 0 aliphatic rings. The first-order chi connectivity index (χ1) is 12.0. The molecule has 1 N–H and O–H groups in total. The van der Waals surface area contributed by atoms with E-state index in [9.17, 15) is 9.59 Å². The first-order valence-corrected chi connectivity index (χ1v) is 8.62. The smallest absolute Gasteiger partial charge is 0.266 e. The second-order valence-electron chi connectivity index (χ2n) is 5.85. The lowest BCUT2D eigenvalue weighted by Gasteiger charge is -2.05. The summed E-state index contributed by atoms with van der Waals surface area (Å²) in [5.41, 5.74) is 1.58. The van der Waals surface area contributed by atoms with Crippen molar-refractivity contribution in [3.8, 4) is 0 Å². The number of anilines is 1. The zero-order valence-electron chi connectivity index (χ0n) is 13.7. The molecule has 0 fully saturated rings. The molecule has 4 aromatic rings. The van der Waals surface area contributed by atoms with Gasteiger partial charge in [0.05, 0.1) is 15.8 Å². The van der Waals surface area contributed by atoms with Gasteiger partial charge in [-0.05, 0) is 31.2 Å². The van der Waals surface area contributed by atoms with Crippen LogP contribution in [-0.2, 0) is 7.05 Å². The van der Waals surface area contributed by atoms with Crippen molar-refractivity contribution in [1.82, 2.24) is 9.55 Å². The third kappa shape index (κ3) is 2.60. The Kier molecular flexibility index (Phi) is 3.62. The van der Waals surface area contributed by atoms with E-state index >= 15 is 0 Å². The Morgan fingerprint density at radius 2 is 1.92 bits per heavy atom. The summed E-state index contributed by atoms with van der Waals surface area (Å²) in [7, 11) is 1.75. The van der Waals surface area contributed by atoms with E-state index in [-0.39, 0.29) is 11.5 Å². The van der Waals surface area contributed by atoms with Crippen LogP contribution in [0.2, 0.25) is 0 Å². The van der Waals surface area contributed by atoms with Gasteiger partial charge < -0.3 is 9.88 Å². The lowest BCUT2D eigenvalue weighted by atomic mass is 10.2. The van der Waals surface area contributed by atoms with Crippen LogP contribution in [0.5, 0.6) is 0 Å². The molecule has 3 aromatic heterocycles. The van der Waals surface area contributed by atoms with E-state index in [1.807, 2.05) is 43.3 Å². The highest BCUT2D eigenvalue weighted by molar-refractivity contribution is 7.21. The monoisotopic (exact) mass is 349 g/mol. The number of hydrogen-bond acceptors (Lipinski definition) is 4. The number of para-hydroxylation sites is 1. The van der Waals surface area contributed by atoms with Crippen molar-refractivity contribution in [2.24, 2.45) is 7.05 Å². The summed E-state index contributed by atoms with van der Waals surface area (Å²) in [6.45, 7) is 1.87. The number of rotatable bonds is 2. The molecule has 0 unspecified atom stereocenters. The second-order valence-corrected chi connectivity index (χ2v) is 6.91. The standard InChI is InChI=1S/C19H15N3O2S/c1-11-6-5-9-16(20-11)21-18(23)15-10-13-17(25-15)12-7-3-4-8-14(12)22(2)19(13)24/h3-10H,1-2H3,(H,20,21,23). The van der Waals surface area contributed by atoms with Crippen LogP contribution < -0.4 is 10.9 Å². The summed E-state index contributed by atoms with van der Waals surface area (Å²) in [5, 5.41) is 4.33. The first-order valence-electron chi connectivity index (χ1n) is 7.81. The first kappa shape index (κ1) is 15.5. The van der Waals surface area contributed by atoms with Gasteiger partial charge in [-0.25, -0.2) is 4.98 Å². The van der Waals surface area contributed by atoms with Crippen molar-refractivity contribution in [3.63, 3.8) is 0 Å². The van der Waals surface area contributed by atoms with Crippen molar-refractivity contribution in [2.45, 2.75) is 6.92 Å². The number of fused-ring (bicyclic) bond motifs is 3. The van der Waals surface area contributed by atoms with E-state index in [2.05, 4.69) is 10.3 Å². The molecule has 124 valence electrons. The summed E-state index contributed by atoms with van der Waals surface area (Å²) in [6.07, 6.45) is 0. The maximum absolute atomic E-state index is 12.6. The maximum atomic E-state index is 12.6. The lowest BCUT2D eigenvalue weighted by Crippen LogP contribution is -2.16. The van der Waals surface area contributed by atoms with Gasteiger partial charge >= 0.3 is 0 Å². The van der Waals surface area contributed by atoms with Gasteiger partial charge in [0.25, 0.3) is 11.5 Å². The molecular formula is C19H15N3O2S. The minimum absolute atomic E-state index is 0.0994. The van der Waals surface area contributed by atoms with Crippen molar-refractivity contribution in [1.29, 1.82) is 0 Å². The Hall–Kier alpha value is -2.99. The molecule has 3 heterocycles. The average Bonchev–Trinajstić information content (AvgIpc) is 3.05. The topological polar surface area (TPSA) is 64.0 Å². The minimum atomic E-state index is -0.259. The maximum Gasteiger partial charge on any atom is 0.266 e. The summed E-state index contributed by atoms with van der Waals surface area (Å²) in [4.78, 5) is 30.0. The highest BCUT2D eigenvalue weighted by Crippen LogP contribution is 2.30. The van der Waals surface area contributed by atoms with E-state index in [0.717, 1.165) is 21.3 Å². The van der Waals surface area contributed by atoms with Crippen molar-refractivity contribution in [3.05, 3.63) is 69.5 Å². The molecule has 0 radical (unpaired) electrons. The third-order valence-corrected chi connectivity index (χ3v) is 5.30. The molecule has 5 nitrogen and oxygen atoms in total. The predicted molar refractivity (Wildman–Crippen MR) is 101 cm³/mol. The van der Waals surface area contributed by atoms with Gasteiger partial charge in [0.15, 0.2) is 0 Å². The number of aryl methyl sites for hydroxylation is 2. The zero-order valence-corrected chi connectivity index (χ0v) is 14.6. The Morgan fingerprint density at radius 1 is 1.12 bits per heavy atom. The van der Waals surface area contributed by atoms with Crippen LogP contribution in [0, 0.1) is 6.92 Å². The van der Waals surface area contributed by atoms with Gasteiger partial charge in [-0.2, -0.15) is 0 Å². The van der Waals surface area contributed by atoms with Crippen LogP contribution in [0.1, 0.15) is 15.4 Å². The predicted octanol–water partition coefficient (Wildman–Crippen LogP) is 3.71. The zero-order chi connectivity index (χ0) is 17.6. The van der Waals surface area contributed by atoms with Gasteiger partial charge in [0, 0.05) is 22.8 Å². The molecule has 0 bridgehead atoms. The van der Waals surface area contributed by atoms with Crippen molar-refractivity contribution in [2.75, 3.05) is 5.32 Å². The Bertz CT molecular complexity index is 1190. The largest absolute Gasteiger partial charge is 0.311 e. The molecule has 6 heteroatoms. The molecule has 0 aliphatic carbocycles. The molecule has 1 amide bonds. The fourth-order valence-corrected chi connectivity index (χ4v) is 3.98. The number of amides is 1. The molecule has 0 spiro atoms. The fourth-order valence-electron chi connectivity index (χ4n) is 2.90. The summed E-state index contributed by atoms with van der Waals surface area (Å²) in [6, 6.07) is 14.8. The average molecular weight is 349 g/mol. The van der Waals surface area contributed by atoms with Gasteiger partial charge in [-0.1, -0.05) is 24.3 Å². The number of carbonyl (C=O) groups excluding carboxylic acids is 1. The number of pyridine rings is 2. The Balaban J connectivity index is 1.84. The molecule has 1 aromatic carbocycles. The molecule has 0 saturated carbocycles. The van der Waals surface area contributed by atoms with E-state index in [4.69, 9.17) is 0 Å². The summed E-state index contributed by atoms with van der Waals surface area (Å²) < 4.78 is 2.45. The van der Waals surface area contributed by atoms with Crippen LogP contribution in [0.15, 0.2) is 53.3 Å². The summed E-state index contributed by atoms with van der Waals surface area (Å²) in [5.74, 6) is 0.241. The van der Waals surface area contributed by atoms with E-state index in [1.165, 1.54) is 11.3 Å². The second kappa shape index (κ2) is 5.82. The number of carbonyl (C=O) groups is 1. The van der Waals surface area contributed by atoms with Gasteiger partial charge in [-0.3, -0.25) is 9.59 Å². The molecule has 0 saturated heterocycles. The van der Waals surface area contributed by atoms with Crippen LogP contribution in [0.3, 0.4) is 0 Å². The fraction of sp³-hybridized carbons (Fsp3) is 0.105. The number of nitrogens with zero attached hydrogens (tertiary/aromatic N) is 2. The number of benzene rings is 1. The number of nitrogens with one attached hydrogen (secondary N) is 1. The number of hydrogen-bond donors (Lipinski definition) is 1. The van der Waals surface area contributed by atoms with Gasteiger partial charge in [-0.15, -0.1) is 11.3 Å². The van der Waals surface area contributed by atoms with E-state index in [1.54, 1.807) is 23.7 Å². The number of aromatic nitrogens is 2. The van der Waals surface area contributed by atoms with Gasteiger partial charge in [0.1, 0.15) is 5.82 Å². The Labute approximate surface area is 147 Å². The van der Waals surface area contributed by atoms with Crippen LogP contribution in [0.4, 0.5) is 5.82 Å². The molecule has 0 atom stereocenters. The third-order valence-electron chi connectivity index (χ3n) is 4.13. The van der Waals surface area contributed by atoms with E-state index < -0.39 is 0 Å². The highest BCUT2D eigenvalue weighted by atomic mass is 32.1. The minimum Gasteiger partial charge on any atom is -0.311 e. The normalized spacial score (nSPS) is 11.1. The van der Waals surface area contributed by atoms with Crippen LogP contribution >= 0.6 is 11.3 Å². The number of thiophene rings is 1. The molecule has 4 rings (SSSR count). The van der Waals surface area contributed by atoms with Crippen molar-refractivity contribution >= 4 is 44.1 Å². The molecule has 0 aliphatic heterocycles. The van der Waals surface area contributed by atoms with Crippen LogP contribution in [0.25, 0.3) is 21.0 Å². The Morgan fingerprint density at radius 3 is 2.72 bits per heavy atom. The summed E-state index contributed by atoms with van der Waals surface area (Å²) >= 11 is 1.33. The SMILES string of the molecule is Cc1cccc(NC(=O)c2cc3c(=O)n(C)c4ccccc4c3s2)n1.